The fraction of sp³-hybridized carbons (Fsp3) is 0.200. The smallest absolute Gasteiger partial charge is 0.146 e. The van der Waals surface area contributed by atoms with E-state index in [1.807, 2.05) is 31.2 Å². The van der Waals surface area contributed by atoms with Crippen LogP contribution in [0.25, 0.3) is 0 Å². The predicted octanol–water partition coefficient (Wildman–Crippen LogP) is 5.29. The summed E-state index contributed by atoms with van der Waals surface area (Å²) >= 11 is 3.41. The zero-order chi connectivity index (χ0) is 13.8. The number of hydrogen-bond acceptors (Lipinski definition) is 1. The number of nitrogens with one attached hydrogen (secondary N) is 1. The molecule has 0 fully saturated rings. The van der Waals surface area contributed by atoms with Crippen molar-refractivity contribution in [1.29, 1.82) is 0 Å². The van der Waals surface area contributed by atoms with E-state index in [0.717, 1.165) is 28.6 Å². The first-order valence-corrected chi connectivity index (χ1v) is 6.86. The van der Waals surface area contributed by atoms with Crippen molar-refractivity contribution in [3.8, 4) is 0 Å². The van der Waals surface area contributed by atoms with E-state index in [0.29, 0.717) is 0 Å². The summed E-state index contributed by atoms with van der Waals surface area (Å²) < 4.78 is 27.7. The second-order valence-electron chi connectivity index (χ2n) is 4.28. The van der Waals surface area contributed by atoms with Crippen molar-refractivity contribution in [2.75, 3.05) is 5.32 Å². The Balaban J connectivity index is 2.26. The van der Waals surface area contributed by atoms with Crippen LogP contribution >= 0.6 is 15.9 Å². The van der Waals surface area contributed by atoms with Crippen molar-refractivity contribution < 1.29 is 8.78 Å². The molecule has 2 aromatic rings. The molecule has 0 aromatic heterocycles. The van der Waals surface area contributed by atoms with Crippen LogP contribution in [0.4, 0.5) is 14.5 Å². The predicted molar refractivity (Wildman–Crippen MR) is 77.2 cm³/mol. The molecule has 0 radical (unpaired) electrons. The molecule has 100 valence electrons. The van der Waals surface area contributed by atoms with Gasteiger partial charge in [-0.2, -0.15) is 0 Å². The molecule has 0 saturated heterocycles. The monoisotopic (exact) mass is 325 g/mol. The lowest BCUT2D eigenvalue weighted by Crippen LogP contribution is -2.11. The summed E-state index contributed by atoms with van der Waals surface area (Å²) in [5, 5.41) is 3.05. The van der Waals surface area contributed by atoms with E-state index in [2.05, 4.69) is 21.2 Å². The van der Waals surface area contributed by atoms with E-state index in [-0.39, 0.29) is 11.7 Å². The Hall–Kier alpha value is -1.42. The van der Waals surface area contributed by atoms with Crippen LogP contribution in [0, 0.1) is 11.6 Å². The van der Waals surface area contributed by atoms with Gasteiger partial charge in [-0.15, -0.1) is 0 Å². The number of hydrogen-bond donors (Lipinski definition) is 1. The standard InChI is InChI=1S/C15H14BrF2N/c1-2-14(10-4-3-5-11(16)8-10)19-15-9-12(17)6-7-13(15)18/h3-9,14,19H,2H2,1H3. The molecule has 0 aliphatic rings. The molecule has 1 nitrogen and oxygen atoms in total. The summed E-state index contributed by atoms with van der Waals surface area (Å²) in [6.07, 6.45) is 0.770. The Labute approximate surface area is 119 Å². The van der Waals surface area contributed by atoms with Gasteiger partial charge in [0.1, 0.15) is 11.6 Å². The van der Waals surface area contributed by atoms with Gasteiger partial charge in [-0.25, -0.2) is 8.78 Å². The van der Waals surface area contributed by atoms with Gasteiger partial charge in [0.05, 0.1) is 11.7 Å². The Morgan fingerprint density at radius 3 is 2.63 bits per heavy atom. The highest BCUT2D eigenvalue weighted by Gasteiger charge is 2.12. The van der Waals surface area contributed by atoms with Crippen LogP contribution in [0.1, 0.15) is 24.9 Å². The molecule has 0 aliphatic heterocycles. The average Bonchev–Trinajstić information content (AvgIpc) is 2.39. The second-order valence-corrected chi connectivity index (χ2v) is 5.20. The Morgan fingerprint density at radius 1 is 1.16 bits per heavy atom. The van der Waals surface area contributed by atoms with Crippen LogP contribution in [0.15, 0.2) is 46.9 Å². The number of anilines is 1. The van der Waals surface area contributed by atoms with Crippen molar-refractivity contribution in [2.45, 2.75) is 19.4 Å². The minimum atomic E-state index is -0.451. The Kier molecular flexibility index (Phi) is 4.53. The fourth-order valence-corrected chi connectivity index (χ4v) is 2.36. The molecule has 1 unspecified atom stereocenters. The minimum absolute atomic E-state index is 0.0613. The summed E-state index contributed by atoms with van der Waals surface area (Å²) in [4.78, 5) is 0. The first-order chi connectivity index (χ1) is 9.10. The van der Waals surface area contributed by atoms with Gasteiger partial charge >= 0.3 is 0 Å². The quantitative estimate of drug-likeness (QED) is 0.805. The number of benzene rings is 2. The van der Waals surface area contributed by atoms with Crippen LogP contribution in [-0.2, 0) is 0 Å². The first kappa shape index (κ1) is 14.0. The van der Waals surface area contributed by atoms with E-state index in [4.69, 9.17) is 0 Å². The number of rotatable bonds is 4. The molecule has 19 heavy (non-hydrogen) atoms. The lowest BCUT2D eigenvalue weighted by atomic mass is 10.0. The van der Waals surface area contributed by atoms with Gasteiger partial charge in [-0.3, -0.25) is 0 Å². The van der Waals surface area contributed by atoms with E-state index < -0.39 is 11.6 Å². The normalized spacial score (nSPS) is 12.2. The van der Waals surface area contributed by atoms with Gasteiger partial charge in [0.15, 0.2) is 0 Å². The van der Waals surface area contributed by atoms with E-state index >= 15 is 0 Å². The lowest BCUT2D eigenvalue weighted by Gasteiger charge is -2.19. The molecule has 1 atom stereocenters. The van der Waals surface area contributed by atoms with E-state index in [1.54, 1.807) is 0 Å². The van der Waals surface area contributed by atoms with Gasteiger partial charge < -0.3 is 5.32 Å². The Morgan fingerprint density at radius 2 is 1.95 bits per heavy atom. The average molecular weight is 326 g/mol. The summed E-state index contributed by atoms with van der Waals surface area (Å²) in [5.41, 5.74) is 1.22. The van der Waals surface area contributed by atoms with Gasteiger partial charge in [0.25, 0.3) is 0 Å². The third-order valence-corrected chi connectivity index (χ3v) is 3.41. The molecular weight excluding hydrogens is 312 g/mol. The van der Waals surface area contributed by atoms with Gasteiger partial charge in [0.2, 0.25) is 0 Å². The summed E-state index contributed by atoms with van der Waals surface area (Å²) in [6.45, 7) is 2.00. The Bertz CT molecular complexity index is 572. The first-order valence-electron chi connectivity index (χ1n) is 6.07. The zero-order valence-electron chi connectivity index (χ0n) is 10.5. The molecule has 0 amide bonds. The molecule has 0 saturated carbocycles. The molecule has 0 bridgehead atoms. The van der Waals surface area contributed by atoms with Gasteiger partial charge in [0, 0.05) is 4.47 Å². The molecule has 0 heterocycles. The highest BCUT2D eigenvalue weighted by molar-refractivity contribution is 9.10. The van der Waals surface area contributed by atoms with Crippen molar-refractivity contribution in [2.24, 2.45) is 0 Å². The SMILES string of the molecule is CCC(Nc1cc(F)ccc1F)c1cccc(Br)c1. The summed E-state index contributed by atoms with van der Waals surface area (Å²) in [7, 11) is 0. The fourth-order valence-electron chi connectivity index (χ4n) is 1.94. The zero-order valence-corrected chi connectivity index (χ0v) is 12.0. The van der Waals surface area contributed by atoms with Crippen LogP contribution in [0.5, 0.6) is 0 Å². The van der Waals surface area contributed by atoms with E-state index in [9.17, 15) is 8.78 Å². The second kappa shape index (κ2) is 6.15. The maximum absolute atomic E-state index is 13.6. The van der Waals surface area contributed by atoms with Crippen molar-refractivity contribution in [1.82, 2.24) is 0 Å². The van der Waals surface area contributed by atoms with Crippen LogP contribution < -0.4 is 5.32 Å². The molecule has 4 heteroatoms. The molecule has 2 rings (SSSR count). The van der Waals surface area contributed by atoms with Gasteiger partial charge in [-0.05, 0) is 42.3 Å². The lowest BCUT2D eigenvalue weighted by molar-refractivity contribution is 0.598. The highest BCUT2D eigenvalue weighted by atomic mass is 79.9. The molecular formula is C15H14BrF2N. The largest absolute Gasteiger partial charge is 0.376 e. The molecule has 1 N–H and O–H groups in total. The van der Waals surface area contributed by atoms with Crippen molar-refractivity contribution >= 4 is 21.6 Å². The van der Waals surface area contributed by atoms with Crippen molar-refractivity contribution in [3.05, 3.63) is 64.1 Å². The highest BCUT2D eigenvalue weighted by Crippen LogP contribution is 2.26. The summed E-state index contributed by atoms with van der Waals surface area (Å²) in [5.74, 6) is -0.900. The van der Waals surface area contributed by atoms with Crippen LogP contribution in [0.3, 0.4) is 0 Å². The maximum atomic E-state index is 13.6. The van der Waals surface area contributed by atoms with Crippen molar-refractivity contribution in [3.63, 3.8) is 0 Å². The van der Waals surface area contributed by atoms with E-state index in [1.165, 1.54) is 6.07 Å². The maximum Gasteiger partial charge on any atom is 0.146 e. The molecule has 2 aromatic carbocycles. The molecule has 0 aliphatic carbocycles. The summed E-state index contributed by atoms with van der Waals surface area (Å²) in [6, 6.07) is 11.1. The minimum Gasteiger partial charge on any atom is -0.376 e. The topological polar surface area (TPSA) is 12.0 Å². The third kappa shape index (κ3) is 3.53. The molecule has 0 spiro atoms. The third-order valence-electron chi connectivity index (χ3n) is 2.92. The number of halogens is 3. The van der Waals surface area contributed by atoms with Gasteiger partial charge in [-0.1, -0.05) is 35.0 Å². The van der Waals surface area contributed by atoms with Crippen LogP contribution in [0.2, 0.25) is 0 Å². The van der Waals surface area contributed by atoms with Crippen LogP contribution in [-0.4, -0.2) is 0 Å².